The van der Waals surface area contributed by atoms with E-state index in [-0.39, 0.29) is 11.4 Å². The van der Waals surface area contributed by atoms with E-state index < -0.39 is 18.9 Å². The minimum absolute atomic E-state index is 0.0466. The fraction of sp³-hybridized carbons (Fsp3) is 0.333. The van der Waals surface area contributed by atoms with E-state index in [0.717, 1.165) is 4.90 Å². The van der Waals surface area contributed by atoms with Gasteiger partial charge >= 0.3 is 5.97 Å². The van der Waals surface area contributed by atoms with E-state index in [4.69, 9.17) is 5.11 Å². The zero-order chi connectivity index (χ0) is 11.4. The van der Waals surface area contributed by atoms with Crippen molar-refractivity contribution in [1.82, 2.24) is 4.98 Å². The number of rotatable bonds is 4. The highest BCUT2D eigenvalue weighted by Crippen LogP contribution is 2.16. The molecular formula is C9H10F2N2O2. The highest BCUT2D eigenvalue weighted by Gasteiger charge is 2.16. The molecule has 0 amide bonds. The lowest BCUT2D eigenvalue weighted by atomic mass is 10.2. The van der Waals surface area contributed by atoms with Crippen LogP contribution in [0.25, 0.3) is 0 Å². The van der Waals surface area contributed by atoms with Crippen molar-refractivity contribution in [3.63, 3.8) is 0 Å². The average Bonchev–Trinajstić information content (AvgIpc) is 2.16. The van der Waals surface area contributed by atoms with Gasteiger partial charge < -0.3 is 10.0 Å². The van der Waals surface area contributed by atoms with Crippen LogP contribution in [0.2, 0.25) is 0 Å². The van der Waals surface area contributed by atoms with Gasteiger partial charge in [0.2, 0.25) is 0 Å². The van der Waals surface area contributed by atoms with Gasteiger partial charge in [-0.2, -0.15) is 0 Å². The second-order valence-corrected chi connectivity index (χ2v) is 2.95. The van der Waals surface area contributed by atoms with Gasteiger partial charge in [0, 0.05) is 13.2 Å². The number of alkyl halides is 2. The van der Waals surface area contributed by atoms with Crippen molar-refractivity contribution in [2.45, 2.75) is 6.43 Å². The van der Waals surface area contributed by atoms with Crippen LogP contribution in [0.5, 0.6) is 0 Å². The molecule has 15 heavy (non-hydrogen) atoms. The molecule has 0 atom stereocenters. The van der Waals surface area contributed by atoms with Crippen LogP contribution in [0.15, 0.2) is 18.3 Å². The highest BCUT2D eigenvalue weighted by molar-refractivity contribution is 5.93. The molecule has 0 fully saturated rings. The van der Waals surface area contributed by atoms with Gasteiger partial charge in [-0.3, -0.25) is 0 Å². The van der Waals surface area contributed by atoms with Gasteiger partial charge in [0.15, 0.2) is 0 Å². The topological polar surface area (TPSA) is 53.4 Å². The molecule has 1 rings (SSSR count). The van der Waals surface area contributed by atoms with Crippen LogP contribution in [-0.2, 0) is 0 Å². The predicted octanol–water partition coefficient (Wildman–Crippen LogP) is 1.48. The third-order valence-corrected chi connectivity index (χ3v) is 1.79. The number of carboxylic acid groups (broad SMARTS) is 1. The Morgan fingerprint density at radius 3 is 2.87 bits per heavy atom. The van der Waals surface area contributed by atoms with E-state index in [9.17, 15) is 13.6 Å². The minimum Gasteiger partial charge on any atom is -0.478 e. The maximum absolute atomic E-state index is 12.1. The summed E-state index contributed by atoms with van der Waals surface area (Å²) < 4.78 is 24.2. The molecule has 1 aromatic heterocycles. The van der Waals surface area contributed by atoms with Crippen LogP contribution in [0, 0.1) is 0 Å². The third kappa shape index (κ3) is 2.87. The molecule has 1 N–H and O–H groups in total. The number of nitrogens with zero attached hydrogens (tertiary/aromatic N) is 2. The first-order chi connectivity index (χ1) is 7.02. The zero-order valence-corrected chi connectivity index (χ0v) is 8.02. The van der Waals surface area contributed by atoms with Crippen LogP contribution in [0.1, 0.15) is 10.4 Å². The summed E-state index contributed by atoms with van der Waals surface area (Å²) in [7, 11) is 1.38. The number of hydrogen-bond acceptors (Lipinski definition) is 3. The summed E-state index contributed by atoms with van der Waals surface area (Å²) >= 11 is 0. The first kappa shape index (κ1) is 11.4. The van der Waals surface area contributed by atoms with Gasteiger partial charge in [0.05, 0.1) is 6.54 Å². The molecule has 0 aromatic carbocycles. The third-order valence-electron chi connectivity index (χ3n) is 1.79. The quantitative estimate of drug-likeness (QED) is 0.828. The Balaban J connectivity index is 2.97. The molecule has 1 aromatic rings. The molecule has 0 unspecified atom stereocenters. The van der Waals surface area contributed by atoms with Gasteiger partial charge in [0.1, 0.15) is 11.4 Å². The Morgan fingerprint density at radius 1 is 1.67 bits per heavy atom. The number of carboxylic acids is 1. The summed E-state index contributed by atoms with van der Waals surface area (Å²) in [5.74, 6) is -1.13. The lowest BCUT2D eigenvalue weighted by Gasteiger charge is -2.18. The van der Waals surface area contributed by atoms with Crippen LogP contribution in [0.3, 0.4) is 0 Å². The van der Waals surface area contributed by atoms with Crippen molar-refractivity contribution in [3.05, 3.63) is 23.9 Å². The Morgan fingerprint density at radius 2 is 2.33 bits per heavy atom. The number of pyridine rings is 1. The molecule has 0 spiro atoms. The largest absolute Gasteiger partial charge is 0.478 e. The number of aromatic carboxylic acids is 1. The summed E-state index contributed by atoms with van der Waals surface area (Å²) in [6.07, 6.45) is -1.16. The van der Waals surface area contributed by atoms with Crippen LogP contribution in [0.4, 0.5) is 14.6 Å². The maximum atomic E-state index is 12.1. The van der Waals surface area contributed by atoms with Crippen LogP contribution >= 0.6 is 0 Å². The van der Waals surface area contributed by atoms with E-state index in [1.165, 1.54) is 25.4 Å². The first-order valence-corrected chi connectivity index (χ1v) is 4.20. The predicted molar refractivity (Wildman–Crippen MR) is 50.5 cm³/mol. The molecule has 1 heterocycles. The van der Waals surface area contributed by atoms with Crippen molar-refractivity contribution >= 4 is 11.8 Å². The van der Waals surface area contributed by atoms with Gasteiger partial charge in [-0.05, 0) is 12.1 Å². The second-order valence-electron chi connectivity index (χ2n) is 2.95. The molecule has 0 aliphatic carbocycles. The summed E-state index contributed by atoms with van der Waals surface area (Å²) in [5, 5.41) is 8.79. The van der Waals surface area contributed by atoms with Crippen LogP contribution in [-0.4, -0.2) is 36.1 Å². The number of halogens is 2. The molecule has 0 radical (unpaired) electrons. The Kier molecular flexibility index (Phi) is 3.54. The summed E-state index contributed by atoms with van der Waals surface area (Å²) in [4.78, 5) is 15.6. The minimum atomic E-state index is -2.53. The molecule has 0 aliphatic rings. The summed E-state index contributed by atoms with van der Waals surface area (Å²) in [6, 6.07) is 2.77. The Hall–Kier alpha value is -1.72. The van der Waals surface area contributed by atoms with Crippen molar-refractivity contribution in [1.29, 1.82) is 0 Å². The lowest BCUT2D eigenvalue weighted by Crippen LogP contribution is -2.26. The number of hydrogen-bond donors (Lipinski definition) is 1. The van der Waals surface area contributed by atoms with Crippen molar-refractivity contribution in [2.75, 3.05) is 18.5 Å². The lowest BCUT2D eigenvalue weighted by molar-refractivity contribution is 0.0696. The SMILES string of the molecule is CN(CC(F)F)c1ncccc1C(=O)O. The second kappa shape index (κ2) is 4.68. The van der Waals surface area contributed by atoms with E-state index in [2.05, 4.69) is 4.98 Å². The fourth-order valence-corrected chi connectivity index (χ4v) is 1.16. The van der Waals surface area contributed by atoms with Crippen molar-refractivity contribution < 1.29 is 18.7 Å². The molecule has 0 saturated carbocycles. The molecular weight excluding hydrogens is 206 g/mol. The first-order valence-electron chi connectivity index (χ1n) is 4.20. The molecule has 0 aliphatic heterocycles. The number of aromatic nitrogens is 1. The fourth-order valence-electron chi connectivity index (χ4n) is 1.16. The van der Waals surface area contributed by atoms with Crippen molar-refractivity contribution in [3.8, 4) is 0 Å². The maximum Gasteiger partial charge on any atom is 0.339 e. The summed E-state index contributed by atoms with van der Waals surface area (Å²) in [6.45, 7) is -0.544. The molecule has 6 heteroatoms. The van der Waals surface area contributed by atoms with E-state index >= 15 is 0 Å². The van der Waals surface area contributed by atoms with Gasteiger partial charge in [-0.15, -0.1) is 0 Å². The molecule has 4 nitrogen and oxygen atoms in total. The van der Waals surface area contributed by atoms with Gasteiger partial charge in [-0.1, -0.05) is 0 Å². The molecule has 0 bridgehead atoms. The smallest absolute Gasteiger partial charge is 0.339 e. The summed E-state index contributed by atoms with van der Waals surface area (Å²) in [5.41, 5.74) is -0.0827. The van der Waals surface area contributed by atoms with Gasteiger partial charge in [0.25, 0.3) is 6.43 Å². The van der Waals surface area contributed by atoms with E-state index in [1.807, 2.05) is 0 Å². The monoisotopic (exact) mass is 216 g/mol. The average molecular weight is 216 g/mol. The number of anilines is 1. The Bertz CT molecular complexity index is 358. The Labute approximate surface area is 85.2 Å². The highest BCUT2D eigenvalue weighted by atomic mass is 19.3. The molecule has 0 saturated heterocycles. The van der Waals surface area contributed by atoms with Crippen LogP contribution < -0.4 is 4.90 Å². The number of carbonyl (C=O) groups is 1. The van der Waals surface area contributed by atoms with E-state index in [0.29, 0.717) is 0 Å². The van der Waals surface area contributed by atoms with Crippen molar-refractivity contribution in [2.24, 2.45) is 0 Å². The molecule has 82 valence electrons. The standard InChI is InChI=1S/C9H10F2N2O2/c1-13(5-7(10)11)8-6(9(14)15)3-2-4-12-8/h2-4,7H,5H2,1H3,(H,14,15). The van der Waals surface area contributed by atoms with E-state index in [1.54, 1.807) is 0 Å². The van der Waals surface area contributed by atoms with Gasteiger partial charge in [-0.25, -0.2) is 18.6 Å². The normalized spacial score (nSPS) is 10.4. The zero-order valence-electron chi connectivity index (χ0n) is 8.02.